The fourth-order valence-electron chi connectivity index (χ4n) is 2.04. The highest BCUT2D eigenvalue weighted by atomic mass is 19.3. The van der Waals surface area contributed by atoms with E-state index in [-0.39, 0.29) is 29.2 Å². The monoisotopic (exact) mass is 281 g/mol. The lowest BCUT2D eigenvalue weighted by Crippen LogP contribution is -2.03. The molecule has 5 nitrogen and oxygen atoms in total. The van der Waals surface area contributed by atoms with E-state index in [0.717, 1.165) is 5.56 Å². The van der Waals surface area contributed by atoms with Crippen molar-refractivity contribution in [3.8, 4) is 0 Å². The van der Waals surface area contributed by atoms with E-state index in [4.69, 9.17) is 5.73 Å². The Morgan fingerprint density at radius 3 is 2.60 bits per heavy atom. The van der Waals surface area contributed by atoms with Crippen molar-refractivity contribution >= 4 is 16.9 Å². The minimum atomic E-state index is -2.74. The molecule has 0 atom stereocenters. The summed E-state index contributed by atoms with van der Waals surface area (Å²) in [5.41, 5.74) is 6.15. The average molecular weight is 281 g/mol. The van der Waals surface area contributed by atoms with Crippen LogP contribution in [0.2, 0.25) is 0 Å². The summed E-state index contributed by atoms with van der Waals surface area (Å²) in [6.07, 6.45) is -2.74. The molecular weight excluding hydrogens is 271 g/mol. The van der Waals surface area contributed by atoms with Crippen LogP contribution in [0.25, 0.3) is 11.0 Å². The molecule has 3 rings (SSSR count). The van der Waals surface area contributed by atoms with E-state index in [0.29, 0.717) is 0 Å². The SMILES string of the molecule is Nc1[nH]nc2c1c(C(F)F)nn2Cc1ccc(F)cc1. The number of nitrogen functional groups attached to an aromatic ring is 1. The van der Waals surface area contributed by atoms with Crippen molar-refractivity contribution in [2.75, 3.05) is 5.73 Å². The van der Waals surface area contributed by atoms with Gasteiger partial charge in [0.15, 0.2) is 5.65 Å². The third kappa shape index (κ3) is 1.98. The maximum absolute atomic E-state index is 12.9. The Balaban J connectivity index is 2.05. The van der Waals surface area contributed by atoms with Crippen molar-refractivity contribution in [1.82, 2.24) is 20.0 Å². The minimum Gasteiger partial charge on any atom is -0.383 e. The lowest BCUT2D eigenvalue weighted by molar-refractivity contribution is 0.146. The normalized spacial score (nSPS) is 11.6. The Hall–Kier alpha value is -2.51. The first-order valence-corrected chi connectivity index (χ1v) is 5.79. The van der Waals surface area contributed by atoms with E-state index in [1.807, 2.05) is 0 Å². The number of benzene rings is 1. The van der Waals surface area contributed by atoms with Gasteiger partial charge in [-0.2, -0.15) is 10.2 Å². The van der Waals surface area contributed by atoms with E-state index < -0.39 is 12.1 Å². The molecule has 8 heteroatoms. The summed E-state index contributed by atoms with van der Waals surface area (Å²) >= 11 is 0. The molecule has 2 aromatic heterocycles. The second-order valence-corrected chi connectivity index (χ2v) is 4.31. The topological polar surface area (TPSA) is 72.5 Å². The molecule has 3 aromatic rings. The predicted molar refractivity (Wildman–Crippen MR) is 66.8 cm³/mol. The zero-order valence-electron chi connectivity index (χ0n) is 10.1. The van der Waals surface area contributed by atoms with Crippen molar-refractivity contribution in [2.45, 2.75) is 13.0 Å². The summed E-state index contributed by atoms with van der Waals surface area (Å²) in [7, 11) is 0. The molecule has 0 aliphatic carbocycles. The van der Waals surface area contributed by atoms with Crippen LogP contribution in [0.1, 0.15) is 17.7 Å². The third-order valence-electron chi connectivity index (χ3n) is 2.96. The van der Waals surface area contributed by atoms with Gasteiger partial charge in [-0.1, -0.05) is 12.1 Å². The lowest BCUT2D eigenvalue weighted by Gasteiger charge is -2.02. The second-order valence-electron chi connectivity index (χ2n) is 4.31. The molecule has 0 radical (unpaired) electrons. The molecule has 3 N–H and O–H groups in total. The van der Waals surface area contributed by atoms with E-state index in [1.54, 1.807) is 12.1 Å². The number of fused-ring (bicyclic) bond motifs is 1. The van der Waals surface area contributed by atoms with Gasteiger partial charge in [-0.25, -0.2) is 17.9 Å². The molecule has 0 spiro atoms. The fourth-order valence-corrected chi connectivity index (χ4v) is 2.04. The van der Waals surface area contributed by atoms with Crippen LogP contribution in [0, 0.1) is 5.82 Å². The first-order valence-electron chi connectivity index (χ1n) is 5.79. The van der Waals surface area contributed by atoms with Gasteiger partial charge in [0, 0.05) is 0 Å². The Bertz CT molecular complexity index is 744. The van der Waals surface area contributed by atoms with E-state index >= 15 is 0 Å². The van der Waals surface area contributed by atoms with Crippen LogP contribution in [-0.2, 0) is 6.54 Å². The highest BCUT2D eigenvalue weighted by molar-refractivity contribution is 5.89. The molecule has 104 valence electrons. The molecule has 0 amide bonds. The number of aromatic amines is 1. The molecular formula is C12H10F3N5. The minimum absolute atomic E-state index is 0.0562. The van der Waals surface area contributed by atoms with Crippen molar-refractivity contribution in [3.05, 3.63) is 41.3 Å². The zero-order chi connectivity index (χ0) is 14.3. The average Bonchev–Trinajstić information content (AvgIpc) is 2.95. The van der Waals surface area contributed by atoms with Crippen molar-refractivity contribution < 1.29 is 13.2 Å². The standard InChI is InChI=1S/C12H10F3N5/c13-7-3-1-6(2-4-7)5-20-12-8(11(16)17-18-12)9(19-20)10(14)15/h1-4,10H,5H2,(H3,16,17,18). The summed E-state index contributed by atoms with van der Waals surface area (Å²) in [4.78, 5) is 0. The summed E-state index contributed by atoms with van der Waals surface area (Å²) in [6, 6.07) is 5.70. The van der Waals surface area contributed by atoms with Crippen LogP contribution in [0.3, 0.4) is 0 Å². The first kappa shape index (κ1) is 12.5. The van der Waals surface area contributed by atoms with Gasteiger partial charge in [0.25, 0.3) is 6.43 Å². The maximum atomic E-state index is 12.9. The van der Waals surface area contributed by atoms with E-state index in [2.05, 4.69) is 15.3 Å². The predicted octanol–water partition coefficient (Wildman–Crippen LogP) is 2.47. The number of anilines is 1. The number of nitrogens with zero attached hydrogens (tertiary/aromatic N) is 3. The van der Waals surface area contributed by atoms with Crippen LogP contribution in [0.15, 0.2) is 24.3 Å². The van der Waals surface area contributed by atoms with Crippen molar-refractivity contribution in [2.24, 2.45) is 0 Å². The Morgan fingerprint density at radius 2 is 1.95 bits per heavy atom. The highest BCUT2D eigenvalue weighted by Crippen LogP contribution is 2.29. The summed E-state index contributed by atoms with van der Waals surface area (Å²) < 4.78 is 40.0. The van der Waals surface area contributed by atoms with Crippen LogP contribution < -0.4 is 5.73 Å². The van der Waals surface area contributed by atoms with E-state index in [1.165, 1.54) is 16.8 Å². The molecule has 1 aromatic carbocycles. The Kier molecular flexibility index (Phi) is 2.85. The van der Waals surface area contributed by atoms with Crippen molar-refractivity contribution in [1.29, 1.82) is 0 Å². The van der Waals surface area contributed by atoms with Gasteiger partial charge in [0.05, 0.1) is 11.9 Å². The van der Waals surface area contributed by atoms with Crippen LogP contribution in [0.5, 0.6) is 0 Å². The number of rotatable bonds is 3. The molecule has 0 saturated heterocycles. The molecule has 20 heavy (non-hydrogen) atoms. The molecule has 0 bridgehead atoms. The Morgan fingerprint density at radius 1 is 1.25 bits per heavy atom. The van der Waals surface area contributed by atoms with Gasteiger partial charge in [0.1, 0.15) is 17.3 Å². The van der Waals surface area contributed by atoms with Crippen LogP contribution in [-0.4, -0.2) is 20.0 Å². The zero-order valence-corrected chi connectivity index (χ0v) is 10.1. The van der Waals surface area contributed by atoms with Gasteiger partial charge in [-0.15, -0.1) is 0 Å². The van der Waals surface area contributed by atoms with Gasteiger partial charge in [-0.3, -0.25) is 5.10 Å². The number of hydrogen-bond acceptors (Lipinski definition) is 3. The molecule has 0 unspecified atom stereocenters. The quantitative estimate of drug-likeness (QED) is 0.774. The van der Waals surface area contributed by atoms with Gasteiger partial charge in [0.2, 0.25) is 0 Å². The number of H-pyrrole nitrogens is 1. The number of nitrogens with one attached hydrogen (secondary N) is 1. The lowest BCUT2D eigenvalue weighted by atomic mass is 10.2. The summed E-state index contributed by atoms with van der Waals surface area (Å²) in [5.74, 6) is -0.308. The Labute approximate surface area is 111 Å². The van der Waals surface area contributed by atoms with Gasteiger partial charge in [-0.05, 0) is 17.7 Å². The van der Waals surface area contributed by atoms with Crippen LogP contribution >= 0.6 is 0 Å². The molecule has 0 aliphatic heterocycles. The third-order valence-corrected chi connectivity index (χ3v) is 2.96. The molecule has 0 aliphatic rings. The second kappa shape index (κ2) is 4.55. The molecule has 0 fully saturated rings. The first-order chi connectivity index (χ1) is 9.56. The number of aromatic nitrogens is 4. The number of nitrogens with two attached hydrogens (primary N) is 1. The highest BCUT2D eigenvalue weighted by Gasteiger charge is 2.23. The van der Waals surface area contributed by atoms with Gasteiger partial charge >= 0.3 is 0 Å². The van der Waals surface area contributed by atoms with E-state index in [9.17, 15) is 13.2 Å². The number of alkyl halides is 2. The van der Waals surface area contributed by atoms with Crippen LogP contribution in [0.4, 0.5) is 19.0 Å². The molecule has 0 saturated carbocycles. The molecule has 2 heterocycles. The fraction of sp³-hybridized carbons (Fsp3) is 0.167. The number of halogens is 3. The maximum Gasteiger partial charge on any atom is 0.282 e. The summed E-state index contributed by atoms with van der Waals surface area (Å²) in [6.45, 7) is 0.202. The smallest absolute Gasteiger partial charge is 0.282 e. The summed E-state index contributed by atoms with van der Waals surface area (Å²) in [5, 5.41) is 10.3. The number of hydrogen-bond donors (Lipinski definition) is 2. The van der Waals surface area contributed by atoms with Crippen molar-refractivity contribution in [3.63, 3.8) is 0 Å². The van der Waals surface area contributed by atoms with Gasteiger partial charge < -0.3 is 5.73 Å². The largest absolute Gasteiger partial charge is 0.383 e.